The maximum atomic E-state index is 13.2. The molecule has 1 aromatic heterocycles. The van der Waals surface area contributed by atoms with E-state index in [0.717, 1.165) is 13.2 Å². The van der Waals surface area contributed by atoms with Crippen LogP contribution in [0.5, 0.6) is 0 Å². The van der Waals surface area contributed by atoms with Gasteiger partial charge in [0, 0.05) is 12.6 Å². The van der Waals surface area contributed by atoms with E-state index >= 15 is 0 Å². The second-order valence-electron chi connectivity index (χ2n) is 5.28. The van der Waals surface area contributed by atoms with E-state index in [4.69, 9.17) is 9.15 Å². The minimum atomic E-state index is -0.284. The topological polar surface area (TPSA) is 38.5 Å². The molecular formula is C14H15FN2O2. The van der Waals surface area contributed by atoms with Gasteiger partial charge in [-0.15, -0.1) is 0 Å². The number of benzene rings is 1. The number of aromatic nitrogens is 1. The highest BCUT2D eigenvalue weighted by Crippen LogP contribution is 2.38. The summed E-state index contributed by atoms with van der Waals surface area (Å²) in [6, 6.07) is 5.39. The first kappa shape index (κ1) is 11.2. The molecule has 5 heteroatoms. The molecule has 4 nitrogen and oxygen atoms in total. The van der Waals surface area contributed by atoms with Crippen LogP contribution in [0.3, 0.4) is 0 Å². The van der Waals surface area contributed by atoms with Gasteiger partial charge in [-0.1, -0.05) is 0 Å². The normalized spacial score (nSPS) is 24.1. The molecule has 0 spiro atoms. The van der Waals surface area contributed by atoms with Crippen LogP contribution in [0.15, 0.2) is 22.6 Å². The third-order valence-corrected chi connectivity index (χ3v) is 3.92. The highest BCUT2D eigenvalue weighted by Gasteiger charge is 2.39. The monoisotopic (exact) mass is 262 g/mol. The molecule has 2 aromatic rings. The third-order valence-electron chi connectivity index (χ3n) is 3.92. The molecule has 1 aromatic carbocycles. The van der Waals surface area contributed by atoms with Crippen molar-refractivity contribution >= 4 is 17.1 Å². The van der Waals surface area contributed by atoms with E-state index in [0.29, 0.717) is 35.7 Å². The Balaban J connectivity index is 1.71. The largest absolute Gasteiger partial charge is 0.423 e. The average Bonchev–Trinajstić information content (AvgIpc) is 3.19. The zero-order chi connectivity index (χ0) is 12.8. The molecule has 1 saturated heterocycles. The number of halogens is 1. The van der Waals surface area contributed by atoms with Crippen molar-refractivity contribution in [3.05, 3.63) is 24.0 Å². The molecule has 2 aliphatic rings. The van der Waals surface area contributed by atoms with Gasteiger partial charge in [-0.3, -0.25) is 0 Å². The van der Waals surface area contributed by atoms with Gasteiger partial charge in [0.1, 0.15) is 11.3 Å². The van der Waals surface area contributed by atoms with Crippen LogP contribution < -0.4 is 4.90 Å². The molecule has 0 N–H and O–H groups in total. The van der Waals surface area contributed by atoms with E-state index in [1.165, 1.54) is 25.0 Å². The van der Waals surface area contributed by atoms with Gasteiger partial charge in [-0.05, 0) is 30.9 Å². The van der Waals surface area contributed by atoms with Gasteiger partial charge >= 0.3 is 0 Å². The van der Waals surface area contributed by atoms with Crippen molar-refractivity contribution in [2.24, 2.45) is 5.92 Å². The Morgan fingerprint density at radius 3 is 3.05 bits per heavy atom. The van der Waals surface area contributed by atoms with Gasteiger partial charge in [0.15, 0.2) is 5.58 Å². The molecule has 100 valence electrons. The molecule has 0 amide bonds. The Bertz CT molecular complexity index is 609. The molecule has 1 aliphatic carbocycles. The molecule has 19 heavy (non-hydrogen) atoms. The van der Waals surface area contributed by atoms with Crippen LogP contribution in [0.25, 0.3) is 11.1 Å². The highest BCUT2D eigenvalue weighted by molar-refractivity contribution is 5.74. The number of anilines is 1. The minimum Gasteiger partial charge on any atom is -0.423 e. The smallest absolute Gasteiger partial charge is 0.298 e. The highest BCUT2D eigenvalue weighted by atomic mass is 19.1. The SMILES string of the molecule is Fc1ccc2oc(N3CCOCC3C3CC3)nc2c1. The lowest BCUT2D eigenvalue weighted by Crippen LogP contribution is -2.47. The Hall–Kier alpha value is -1.62. The lowest BCUT2D eigenvalue weighted by Gasteiger charge is -2.34. The van der Waals surface area contributed by atoms with Crippen LogP contribution in [-0.4, -0.2) is 30.8 Å². The number of hydrogen-bond acceptors (Lipinski definition) is 4. The standard InChI is InChI=1S/C14H15FN2O2/c15-10-3-4-13-11(7-10)16-14(19-13)17-5-6-18-8-12(17)9-1-2-9/h3-4,7,9,12H,1-2,5-6,8H2. The number of nitrogens with zero attached hydrogens (tertiary/aromatic N) is 2. The summed E-state index contributed by atoms with van der Waals surface area (Å²) in [7, 11) is 0. The van der Waals surface area contributed by atoms with E-state index in [-0.39, 0.29) is 5.82 Å². The van der Waals surface area contributed by atoms with Gasteiger partial charge in [0.2, 0.25) is 0 Å². The first-order valence-corrected chi connectivity index (χ1v) is 6.72. The first-order chi connectivity index (χ1) is 9.31. The summed E-state index contributed by atoms with van der Waals surface area (Å²) in [6.45, 7) is 2.21. The molecule has 1 unspecified atom stereocenters. The Morgan fingerprint density at radius 1 is 1.32 bits per heavy atom. The van der Waals surface area contributed by atoms with E-state index in [2.05, 4.69) is 9.88 Å². The first-order valence-electron chi connectivity index (χ1n) is 6.72. The van der Waals surface area contributed by atoms with Crippen LogP contribution in [0, 0.1) is 11.7 Å². The van der Waals surface area contributed by atoms with Crippen LogP contribution in [-0.2, 0) is 4.74 Å². The van der Waals surface area contributed by atoms with Crippen molar-refractivity contribution in [1.82, 2.24) is 4.98 Å². The van der Waals surface area contributed by atoms with Crippen molar-refractivity contribution in [2.45, 2.75) is 18.9 Å². The summed E-state index contributed by atoms with van der Waals surface area (Å²) >= 11 is 0. The zero-order valence-electron chi connectivity index (χ0n) is 10.5. The summed E-state index contributed by atoms with van der Waals surface area (Å²) in [5.74, 6) is 0.403. The van der Waals surface area contributed by atoms with E-state index in [1.54, 1.807) is 6.07 Å². The lowest BCUT2D eigenvalue weighted by atomic mass is 10.1. The molecule has 0 radical (unpaired) electrons. The quantitative estimate of drug-likeness (QED) is 0.833. The van der Waals surface area contributed by atoms with E-state index in [1.807, 2.05) is 0 Å². The van der Waals surface area contributed by atoms with Gasteiger partial charge < -0.3 is 14.1 Å². The maximum absolute atomic E-state index is 13.2. The molecule has 1 aliphatic heterocycles. The van der Waals surface area contributed by atoms with Gasteiger partial charge in [0.25, 0.3) is 6.01 Å². The lowest BCUT2D eigenvalue weighted by molar-refractivity contribution is 0.0851. The number of fused-ring (bicyclic) bond motifs is 1. The fourth-order valence-electron chi connectivity index (χ4n) is 2.74. The van der Waals surface area contributed by atoms with Crippen molar-refractivity contribution in [3.8, 4) is 0 Å². The van der Waals surface area contributed by atoms with Crippen molar-refractivity contribution < 1.29 is 13.5 Å². The minimum absolute atomic E-state index is 0.284. The predicted octanol–water partition coefficient (Wildman–Crippen LogP) is 2.58. The number of hydrogen-bond donors (Lipinski definition) is 0. The molecular weight excluding hydrogens is 247 g/mol. The molecule has 2 heterocycles. The Morgan fingerprint density at radius 2 is 2.21 bits per heavy atom. The second kappa shape index (κ2) is 4.20. The van der Waals surface area contributed by atoms with Crippen molar-refractivity contribution in [2.75, 3.05) is 24.7 Å². The van der Waals surface area contributed by atoms with Crippen LogP contribution in [0.4, 0.5) is 10.4 Å². The van der Waals surface area contributed by atoms with Gasteiger partial charge in [-0.2, -0.15) is 4.98 Å². The average molecular weight is 262 g/mol. The van der Waals surface area contributed by atoms with Crippen LogP contribution >= 0.6 is 0 Å². The molecule has 4 rings (SSSR count). The van der Waals surface area contributed by atoms with E-state index < -0.39 is 0 Å². The summed E-state index contributed by atoms with van der Waals surface area (Å²) in [5, 5.41) is 0. The molecule has 1 saturated carbocycles. The number of rotatable bonds is 2. The van der Waals surface area contributed by atoms with Crippen LogP contribution in [0.2, 0.25) is 0 Å². The summed E-state index contributed by atoms with van der Waals surface area (Å²) in [5.41, 5.74) is 1.22. The molecule has 0 bridgehead atoms. The molecule has 2 fully saturated rings. The van der Waals surface area contributed by atoms with E-state index in [9.17, 15) is 4.39 Å². The predicted molar refractivity (Wildman–Crippen MR) is 68.6 cm³/mol. The van der Waals surface area contributed by atoms with Crippen molar-refractivity contribution in [3.63, 3.8) is 0 Å². The maximum Gasteiger partial charge on any atom is 0.298 e. The molecule has 1 atom stereocenters. The Kier molecular flexibility index (Phi) is 2.48. The number of morpholine rings is 1. The van der Waals surface area contributed by atoms with Gasteiger partial charge in [0.05, 0.1) is 19.3 Å². The number of ether oxygens (including phenoxy) is 1. The van der Waals surface area contributed by atoms with Crippen molar-refractivity contribution in [1.29, 1.82) is 0 Å². The second-order valence-corrected chi connectivity index (χ2v) is 5.28. The van der Waals surface area contributed by atoms with Crippen LogP contribution in [0.1, 0.15) is 12.8 Å². The summed E-state index contributed by atoms with van der Waals surface area (Å²) in [6.07, 6.45) is 2.50. The zero-order valence-corrected chi connectivity index (χ0v) is 10.5. The fraction of sp³-hybridized carbons (Fsp3) is 0.500. The number of oxazole rings is 1. The summed E-state index contributed by atoms with van der Waals surface area (Å²) in [4.78, 5) is 6.60. The Labute approximate surface area is 110 Å². The third kappa shape index (κ3) is 1.98. The summed E-state index contributed by atoms with van der Waals surface area (Å²) < 4.78 is 24.5. The van der Waals surface area contributed by atoms with Gasteiger partial charge in [-0.25, -0.2) is 4.39 Å². The fourth-order valence-corrected chi connectivity index (χ4v) is 2.74.